The molecule has 6 heteroatoms. The van der Waals surface area contributed by atoms with E-state index in [4.69, 9.17) is 9.47 Å². The summed E-state index contributed by atoms with van der Waals surface area (Å²) in [6, 6.07) is 11.4. The Bertz CT molecular complexity index is 775. The summed E-state index contributed by atoms with van der Waals surface area (Å²) in [5.74, 6) is 1.06. The molecule has 0 bridgehead atoms. The zero-order chi connectivity index (χ0) is 18.2. The standard InChI is InChI=1S/C19H21BrN2O3/c1-4-24-18-8-6-16(20)10-15(18)11-21-22-19(23)12-25-17-7-5-13(2)9-14(17)3/h5-11H,4,12H2,1-3H3,(H,22,23). The van der Waals surface area contributed by atoms with E-state index in [0.717, 1.165) is 21.2 Å². The number of nitrogens with one attached hydrogen (secondary N) is 1. The maximum atomic E-state index is 11.9. The first-order valence-electron chi connectivity index (χ1n) is 7.94. The number of hydrogen-bond acceptors (Lipinski definition) is 4. The minimum atomic E-state index is -0.329. The Kier molecular flexibility index (Phi) is 7.01. The largest absolute Gasteiger partial charge is 0.493 e. The van der Waals surface area contributed by atoms with E-state index in [1.807, 2.05) is 57.2 Å². The molecule has 0 fully saturated rings. The van der Waals surface area contributed by atoms with Crippen molar-refractivity contribution in [1.29, 1.82) is 0 Å². The quantitative estimate of drug-likeness (QED) is 0.560. The molecule has 0 atom stereocenters. The zero-order valence-corrected chi connectivity index (χ0v) is 16.1. The van der Waals surface area contributed by atoms with E-state index in [2.05, 4.69) is 26.5 Å². The van der Waals surface area contributed by atoms with Gasteiger partial charge < -0.3 is 9.47 Å². The van der Waals surface area contributed by atoms with E-state index in [1.54, 1.807) is 6.21 Å². The molecule has 5 nitrogen and oxygen atoms in total. The van der Waals surface area contributed by atoms with Gasteiger partial charge in [-0.15, -0.1) is 0 Å². The lowest BCUT2D eigenvalue weighted by molar-refractivity contribution is -0.123. The Balaban J connectivity index is 1.91. The van der Waals surface area contributed by atoms with Crippen molar-refractivity contribution in [3.63, 3.8) is 0 Å². The summed E-state index contributed by atoms with van der Waals surface area (Å²) in [6.07, 6.45) is 1.55. The fourth-order valence-electron chi connectivity index (χ4n) is 2.22. The van der Waals surface area contributed by atoms with Crippen LogP contribution in [0, 0.1) is 13.8 Å². The Morgan fingerprint density at radius 2 is 1.92 bits per heavy atom. The maximum Gasteiger partial charge on any atom is 0.277 e. The normalized spacial score (nSPS) is 10.7. The molecule has 0 spiro atoms. The number of hydrogen-bond donors (Lipinski definition) is 1. The molecule has 1 amide bonds. The van der Waals surface area contributed by atoms with Gasteiger partial charge in [0.05, 0.1) is 12.8 Å². The SMILES string of the molecule is CCOc1ccc(Br)cc1C=NNC(=O)COc1ccc(C)cc1C. The summed E-state index contributed by atoms with van der Waals surface area (Å²) in [7, 11) is 0. The fourth-order valence-corrected chi connectivity index (χ4v) is 2.60. The van der Waals surface area contributed by atoms with E-state index < -0.39 is 0 Å². The summed E-state index contributed by atoms with van der Waals surface area (Å²) < 4.78 is 12.0. The second-order valence-electron chi connectivity index (χ2n) is 5.47. The van der Waals surface area contributed by atoms with Gasteiger partial charge in [-0.3, -0.25) is 4.79 Å². The average molecular weight is 405 g/mol. The number of carbonyl (C=O) groups excluding carboxylic acids is 1. The van der Waals surface area contributed by atoms with E-state index in [-0.39, 0.29) is 12.5 Å². The number of amides is 1. The summed E-state index contributed by atoms with van der Waals surface area (Å²) in [4.78, 5) is 11.9. The smallest absolute Gasteiger partial charge is 0.277 e. The van der Waals surface area contributed by atoms with Crippen LogP contribution in [0.2, 0.25) is 0 Å². The van der Waals surface area contributed by atoms with Crippen LogP contribution in [0.3, 0.4) is 0 Å². The average Bonchev–Trinajstić information content (AvgIpc) is 2.56. The molecule has 0 unspecified atom stereocenters. The number of ether oxygens (including phenoxy) is 2. The van der Waals surface area contributed by atoms with Crippen LogP contribution in [0.15, 0.2) is 46.0 Å². The van der Waals surface area contributed by atoms with Gasteiger partial charge in [0.1, 0.15) is 11.5 Å². The molecule has 2 rings (SSSR count). The second-order valence-corrected chi connectivity index (χ2v) is 6.38. The molecule has 1 N–H and O–H groups in total. The van der Waals surface area contributed by atoms with Crippen LogP contribution >= 0.6 is 15.9 Å². The highest BCUT2D eigenvalue weighted by molar-refractivity contribution is 9.10. The molecule has 25 heavy (non-hydrogen) atoms. The summed E-state index contributed by atoms with van der Waals surface area (Å²) in [5.41, 5.74) is 5.37. The van der Waals surface area contributed by atoms with Crippen molar-refractivity contribution in [2.45, 2.75) is 20.8 Å². The molecule has 2 aromatic rings. The molecule has 0 saturated heterocycles. The summed E-state index contributed by atoms with van der Waals surface area (Å²) in [6.45, 7) is 6.32. The van der Waals surface area contributed by atoms with Crippen LogP contribution in [0.5, 0.6) is 11.5 Å². The Morgan fingerprint density at radius 1 is 1.16 bits per heavy atom. The molecule has 0 aliphatic carbocycles. The van der Waals surface area contributed by atoms with Crippen LogP contribution in [0.4, 0.5) is 0 Å². The lowest BCUT2D eigenvalue weighted by Crippen LogP contribution is -2.24. The van der Waals surface area contributed by atoms with E-state index in [9.17, 15) is 4.79 Å². The van der Waals surface area contributed by atoms with Gasteiger partial charge in [-0.2, -0.15) is 5.10 Å². The molecule has 0 aromatic heterocycles. The molecular formula is C19H21BrN2O3. The Hall–Kier alpha value is -2.34. The van der Waals surface area contributed by atoms with Crippen LogP contribution in [-0.4, -0.2) is 25.3 Å². The van der Waals surface area contributed by atoms with Crippen molar-refractivity contribution in [2.24, 2.45) is 5.10 Å². The first kappa shape index (κ1) is 19.0. The fraction of sp³-hybridized carbons (Fsp3) is 0.263. The number of rotatable bonds is 7. The number of nitrogens with zero attached hydrogens (tertiary/aromatic N) is 1. The Morgan fingerprint density at radius 3 is 2.64 bits per heavy atom. The van der Waals surface area contributed by atoms with E-state index in [0.29, 0.717) is 18.1 Å². The zero-order valence-electron chi connectivity index (χ0n) is 14.5. The van der Waals surface area contributed by atoms with Crippen LogP contribution in [0.25, 0.3) is 0 Å². The van der Waals surface area contributed by atoms with E-state index >= 15 is 0 Å². The lowest BCUT2D eigenvalue weighted by Gasteiger charge is -2.09. The number of aryl methyl sites for hydroxylation is 2. The van der Waals surface area contributed by atoms with Crippen molar-refractivity contribution in [2.75, 3.05) is 13.2 Å². The van der Waals surface area contributed by atoms with Crippen LogP contribution < -0.4 is 14.9 Å². The number of benzene rings is 2. The third-order valence-corrected chi connectivity index (χ3v) is 3.85. The van der Waals surface area contributed by atoms with Gasteiger partial charge in [0, 0.05) is 10.0 Å². The van der Waals surface area contributed by atoms with E-state index in [1.165, 1.54) is 0 Å². The van der Waals surface area contributed by atoms with Crippen molar-refractivity contribution < 1.29 is 14.3 Å². The minimum absolute atomic E-state index is 0.0992. The number of hydrazone groups is 1. The maximum absolute atomic E-state index is 11.9. The highest BCUT2D eigenvalue weighted by atomic mass is 79.9. The minimum Gasteiger partial charge on any atom is -0.493 e. The third-order valence-electron chi connectivity index (χ3n) is 3.35. The van der Waals surface area contributed by atoms with Gasteiger partial charge in [-0.25, -0.2) is 5.43 Å². The van der Waals surface area contributed by atoms with Crippen molar-refractivity contribution in [1.82, 2.24) is 5.43 Å². The van der Waals surface area contributed by atoms with Crippen molar-refractivity contribution in [3.05, 3.63) is 57.6 Å². The topological polar surface area (TPSA) is 59.9 Å². The molecule has 0 saturated carbocycles. The van der Waals surface area contributed by atoms with Crippen LogP contribution in [-0.2, 0) is 4.79 Å². The first-order valence-corrected chi connectivity index (χ1v) is 8.73. The molecule has 0 aliphatic rings. The Labute approximate surface area is 156 Å². The molecular weight excluding hydrogens is 384 g/mol. The highest BCUT2D eigenvalue weighted by Crippen LogP contribution is 2.21. The summed E-state index contributed by atoms with van der Waals surface area (Å²) in [5, 5.41) is 3.97. The van der Waals surface area contributed by atoms with Gasteiger partial charge in [0.15, 0.2) is 6.61 Å². The molecule has 0 radical (unpaired) electrons. The summed E-state index contributed by atoms with van der Waals surface area (Å²) >= 11 is 3.41. The van der Waals surface area contributed by atoms with Gasteiger partial charge in [-0.1, -0.05) is 33.6 Å². The molecule has 0 heterocycles. The highest BCUT2D eigenvalue weighted by Gasteiger charge is 2.05. The second kappa shape index (κ2) is 9.22. The molecule has 0 aliphatic heterocycles. The predicted molar refractivity (Wildman–Crippen MR) is 102 cm³/mol. The van der Waals surface area contributed by atoms with Gasteiger partial charge in [0.25, 0.3) is 5.91 Å². The van der Waals surface area contributed by atoms with Crippen molar-refractivity contribution >= 4 is 28.1 Å². The number of carbonyl (C=O) groups is 1. The van der Waals surface area contributed by atoms with Crippen molar-refractivity contribution in [3.8, 4) is 11.5 Å². The van der Waals surface area contributed by atoms with Gasteiger partial charge in [0.2, 0.25) is 0 Å². The molecule has 2 aromatic carbocycles. The molecule has 132 valence electrons. The van der Waals surface area contributed by atoms with Gasteiger partial charge in [-0.05, 0) is 50.6 Å². The lowest BCUT2D eigenvalue weighted by atomic mass is 10.1. The third kappa shape index (κ3) is 5.90. The van der Waals surface area contributed by atoms with Gasteiger partial charge >= 0.3 is 0 Å². The predicted octanol–water partition coefficient (Wildman–Crippen LogP) is 3.99. The monoisotopic (exact) mass is 404 g/mol. The first-order chi connectivity index (χ1) is 12.0. The number of halogens is 1. The van der Waals surface area contributed by atoms with Crippen LogP contribution in [0.1, 0.15) is 23.6 Å².